The van der Waals surface area contributed by atoms with Gasteiger partial charge in [0.2, 0.25) is 0 Å². The molecule has 132 valence electrons. The number of nitrogens with zero attached hydrogens (tertiary/aromatic N) is 5. The third-order valence-corrected chi connectivity index (χ3v) is 4.15. The Hall–Kier alpha value is -2.51. The lowest BCUT2D eigenvalue weighted by atomic mass is 9.95. The van der Waals surface area contributed by atoms with E-state index in [0.717, 1.165) is 29.4 Å². The van der Waals surface area contributed by atoms with Crippen molar-refractivity contribution in [2.24, 2.45) is 5.92 Å². The molecule has 7 heteroatoms. The lowest BCUT2D eigenvalue weighted by Crippen LogP contribution is -2.32. The van der Waals surface area contributed by atoms with Crippen LogP contribution in [0, 0.1) is 12.8 Å². The van der Waals surface area contributed by atoms with Gasteiger partial charge in [-0.05, 0) is 38.7 Å². The molecule has 0 aliphatic carbocycles. The van der Waals surface area contributed by atoms with Crippen molar-refractivity contribution in [2.75, 3.05) is 32.5 Å². The predicted molar refractivity (Wildman–Crippen MR) is 97.5 cm³/mol. The van der Waals surface area contributed by atoms with Gasteiger partial charge in [-0.1, -0.05) is 30.3 Å². The van der Waals surface area contributed by atoms with Crippen LogP contribution in [0.3, 0.4) is 0 Å². The van der Waals surface area contributed by atoms with E-state index in [-0.39, 0.29) is 5.92 Å². The molecule has 0 saturated heterocycles. The van der Waals surface area contributed by atoms with E-state index in [1.807, 2.05) is 63.5 Å². The van der Waals surface area contributed by atoms with Crippen molar-refractivity contribution in [3.05, 3.63) is 53.9 Å². The van der Waals surface area contributed by atoms with E-state index in [9.17, 15) is 5.11 Å². The Labute approximate surface area is 147 Å². The fourth-order valence-electron chi connectivity index (χ4n) is 2.89. The van der Waals surface area contributed by atoms with Crippen molar-refractivity contribution in [3.8, 4) is 0 Å². The minimum Gasteiger partial charge on any atom is -0.388 e. The highest BCUT2D eigenvalue weighted by molar-refractivity contribution is 5.43. The van der Waals surface area contributed by atoms with Crippen molar-refractivity contribution in [1.29, 1.82) is 0 Å². The van der Waals surface area contributed by atoms with E-state index in [2.05, 4.69) is 25.5 Å². The number of aryl methyl sites for hydroxylation is 1. The second-order valence-electron chi connectivity index (χ2n) is 6.49. The van der Waals surface area contributed by atoms with E-state index in [4.69, 9.17) is 0 Å². The zero-order chi connectivity index (χ0) is 17.8. The SMILES string of the molecule is Cc1nnc2ccc(NC[C@@H](CN(C)C)[C@@H](O)c3ccccc3)nn12. The van der Waals surface area contributed by atoms with Gasteiger partial charge in [0.25, 0.3) is 0 Å². The van der Waals surface area contributed by atoms with Gasteiger partial charge < -0.3 is 15.3 Å². The third kappa shape index (κ3) is 4.12. The second kappa shape index (κ2) is 7.58. The largest absolute Gasteiger partial charge is 0.388 e. The maximum atomic E-state index is 10.8. The van der Waals surface area contributed by atoms with E-state index < -0.39 is 6.10 Å². The maximum Gasteiger partial charge on any atom is 0.178 e. The molecule has 0 radical (unpaired) electrons. The highest BCUT2D eigenvalue weighted by Gasteiger charge is 2.21. The molecule has 1 aromatic carbocycles. The first-order valence-electron chi connectivity index (χ1n) is 8.35. The molecule has 2 aromatic heterocycles. The number of aliphatic hydroxyl groups is 1. The first kappa shape index (κ1) is 17.3. The summed E-state index contributed by atoms with van der Waals surface area (Å²) >= 11 is 0. The number of aliphatic hydroxyl groups excluding tert-OH is 1. The van der Waals surface area contributed by atoms with E-state index in [1.165, 1.54) is 0 Å². The fourth-order valence-corrected chi connectivity index (χ4v) is 2.89. The van der Waals surface area contributed by atoms with Gasteiger partial charge in [0.05, 0.1) is 6.10 Å². The summed E-state index contributed by atoms with van der Waals surface area (Å²) in [4.78, 5) is 2.08. The molecule has 0 saturated carbocycles. The molecule has 0 spiro atoms. The van der Waals surface area contributed by atoms with Crippen LogP contribution in [0.2, 0.25) is 0 Å². The third-order valence-electron chi connectivity index (χ3n) is 4.15. The Kier molecular flexibility index (Phi) is 5.25. The number of fused-ring (bicyclic) bond motifs is 1. The zero-order valence-corrected chi connectivity index (χ0v) is 14.8. The summed E-state index contributed by atoms with van der Waals surface area (Å²) in [5, 5.41) is 26.7. The molecule has 0 aliphatic heterocycles. The minimum atomic E-state index is -0.545. The number of hydrogen-bond acceptors (Lipinski definition) is 6. The first-order chi connectivity index (χ1) is 12.0. The van der Waals surface area contributed by atoms with Crippen LogP contribution in [0.25, 0.3) is 5.65 Å². The molecule has 3 aromatic rings. The van der Waals surface area contributed by atoms with Crippen LogP contribution in [0.4, 0.5) is 5.82 Å². The molecule has 0 fully saturated rings. The monoisotopic (exact) mass is 340 g/mol. The zero-order valence-electron chi connectivity index (χ0n) is 14.8. The Balaban J connectivity index is 1.74. The average molecular weight is 340 g/mol. The molecule has 0 bridgehead atoms. The Morgan fingerprint density at radius 2 is 1.88 bits per heavy atom. The Morgan fingerprint density at radius 3 is 2.60 bits per heavy atom. The van der Waals surface area contributed by atoms with Crippen LogP contribution < -0.4 is 5.32 Å². The van der Waals surface area contributed by atoms with Gasteiger partial charge in [0.15, 0.2) is 11.5 Å². The smallest absolute Gasteiger partial charge is 0.178 e. The molecule has 0 unspecified atom stereocenters. The summed E-state index contributed by atoms with van der Waals surface area (Å²) in [6.07, 6.45) is -0.545. The van der Waals surface area contributed by atoms with Crippen molar-refractivity contribution in [3.63, 3.8) is 0 Å². The number of aromatic nitrogens is 4. The van der Waals surface area contributed by atoms with Crippen LogP contribution in [0.15, 0.2) is 42.5 Å². The number of hydrogen-bond donors (Lipinski definition) is 2. The Bertz CT molecular complexity index is 817. The molecule has 0 amide bonds. The molecule has 0 aliphatic rings. The van der Waals surface area contributed by atoms with Crippen LogP contribution >= 0.6 is 0 Å². The highest BCUT2D eigenvalue weighted by Crippen LogP contribution is 2.23. The summed E-state index contributed by atoms with van der Waals surface area (Å²) < 4.78 is 1.71. The van der Waals surface area contributed by atoms with Crippen LogP contribution in [-0.2, 0) is 0 Å². The minimum absolute atomic E-state index is 0.0249. The normalized spacial score (nSPS) is 14.0. The molecule has 2 heterocycles. The van der Waals surface area contributed by atoms with Gasteiger partial charge in [0, 0.05) is 19.0 Å². The lowest BCUT2D eigenvalue weighted by molar-refractivity contribution is 0.0969. The summed E-state index contributed by atoms with van der Waals surface area (Å²) in [6.45, 7) is 3.23. The maximum absolute atomic E-state index is 10.8. The lowest BCUT2D eigenvalue weighted by Gasteiger charge is -2.26. The van der Waals surface area contributed by atoms with Crippen molar-refractivity contribution >= 4 is 11.5 Å². The molecule has 3 rings (SSSR count). The van der Waals surface area contributed by atoms with E-state index in [0.29, 0.717) is 6.54 Å². The Morgan fingerprint density at radius 1 is 1.12 bits per heavy atom. The van der Waals surface area contributed by atoms with Gasteiger partial charge in [-0.25, -0.2) is 0 Å². The van der Waals surface area contributed by atoms with Gasteiger partial charge in [-0.15, -0.1) is 15.3 Å². The fraction of sp³-hybridized carbons (Fsp3) is 0.389. The molecule has 2 atom stereocenters. The number of benzene rings is 1. The average Bonchev–Trinajstić information content (AvgIpc) is 2.99. The van der Waals surface area contributed by atoms with Crippen molar-refractivity contribution in [2.45, 2.75) is 13.0 Å². The number of anilines is 1. The van der Waals surface area contributed by atoms with Crippen LogP contribution in [0.5, 0.6) is 0 Å². The summed E-state index contributed by atoms with van der Waals surface area (Å²) in [6, 6.07) is 13.5. The van der Waals surface area contributed by atoms with Gasteiger partial charge in [-0.3, -0.25) is 0 Å². The predicted octanol–water partition coefficient (Wildman–Crippen LogP) is 1.76. The molecular weight excluding hydrogens is 316 g/mol. The number of rotatable bonds is 7. The standard InChI is InChI=1S/C18H24N6O/c1-13-20-21-17-10-9-16(22-24(13)17)19-11-15(12-23(2)3)18(25)14-7-5-4-6-8-14/h4-10,15,18,25H,11-12H2,1-3H3,(H,19,22)/t15-,18-/m0/s1. The van der Waals surface area contributed by atoms with Crippen LogP contribution in [-0.4, -0.2) is 57.0 Å². The van der Waals surface area contributed by atoms with E-state index in [1.54, 1.807) is 4.52 Å². The topological polar surface area (TPSA) is 78.6 Å². The summed E-state index contributed by atoms with van der Waals surface area (Å²) in [5.41, 5.74) is 1.64. The molecule has 25 heavy (non-hydrogen) atoms. The van der Waals surface area contributed by atoms with Gasteiger partial charge >= 0.3 is 0 Å². The quantitative estimate of drug-likeness (QED) is 0.682. The van der Waals surface area contributed by atoms with Crippen molar-refractivity contribution in [1.82, 2.24) is 24.7 Å². The first-order valence-corrected chi connectivity index (χ1v) is 8.35. The van der Waals surface area contributed by atoms with Crippen molar-refractivity contribution < 1.29 is 5.11 Å². The highest BCUT2D eigenvalue weighted by atomic mass is 16.3. The van der Waals surface area contributed by atoms with Crippen LogP contribution in [0.1, 0.15) is 17.5 Å². The second-order valence-corrected chi connectivity index (χ2v) is 6.49. The molecule has 7 nitrogen and oxygen atoms in total. The summed E-state index contributed by atoms with van der Waals surface area (Å²) in [7, 11) is 4.02. The number of nitrogens with one attached hydrogen (secondary N) is 1. The molecule has 2 N–H and O–H groups in total. The molecular formula is C18H24N6O. The van der Waals surface area contributed by atoms with E-state index >= 15 is 0 Å². The summed E-state index contributed by atoms with van der Waals surface area (Å²) in [5.74, 6) is 1.50. The van der Waals surface area contributed by atoms with Gasteiger partial charge in [-0.2, -0.15) is 4.52 Å². The van der Waals surface area contributed by atoms with Gasteiger partial charge in [0.1, 0.15) is 5.82 Å².